The quantitative estimate of drug-likeness (QED) is 0.580. The first-order valence-electron chi connectivity index (χ1n) is 5.91. The molecule has 0 saturated heterocycles. The van der Waals surface area contributed by atoms with E-state index in [4.69, 9.17) is 15.2 Å². The number of rotatable bonds is 8. The van der Waals surface area contributed by atoms with Crippen molar-refractivity contribution in [3.05, 3.63) is 0 Å². The van der Waals surface area contributed by atoms with Gasteiger partial charge in [0, 0.05) is 19.8 Å². The lowest BCUT2D eigenvalue weighted by Crippen LogP contribution is -2.59. The highest BCUT2D eigenvalue weighted by Gasteiger charge is 2.41. The zero-order chi connectivity index (χ0) is 11.1. The van der Waals surface area contributed by atoms with Crippen LogP contribution in [0.2, 0.25) is 0 Å². The molecule has 1 aliphatic rings. The van der Waals surface area contributed by atoms with Crippen molar-refractivity contribution < 1.29 is 9.47 Å². The highest BCUT2D eigenvalue weighted by atomic mass is 16.5. The minimum absolute atomic E-state index is 0.225. The van der Waals surface area contributed by atoms with E-state index in [1.165, 1.54) is 0 Å². The number of nitrogens with two attached hydrogens (primary N) is 1. The van der Waals surface area contributed by atoms with Gasteiger partial charge in [-0.3, -0.25) is 0 Å². The van der Waals surface area contributed by atoms with E-state index < -0.39 is 0 Å². The fraction of sp³-hybridized carbons (Fsp3) is 1.00. The molecular weight excluding hydrogens is 192 g/mol. The van der Waals surface area contributed by atoms with E-state index in [0.717, 1.165) is 39.0 Å². The largest absolute Gasteiger partial charge is 0.377 e. The first kappa shape index (κ1) is 12.9. The van der Waals surface area contributed by atoms with Crippen LogP contribution in [0.1, 0.15) is 26.2 Å². The molecule has 3 atom stereocenters. The topological polar surface area (TPSA) is 56.5 Å². The van der Waals surface area contributed by atoms with Crippen LogP contribution in [0.3, 0.4) is 0 Å². The average molecular weight is 216 g/mol. The predicted molar refractivity (Wildman–Crippen MR) is 60.9 cm³/mol. The summed E-state index contributed by atoms with van der Waals surface area (Å²) in [5.74, 6) is 0. The van der Waals surface area contributed by atoms with Crippen molar-refractivity contribution in [2.75, 3.05) is 26.8 Å². The van der Waals surface area contributed by atoms with Gasteiger partial charge in [-0.05, 0) is 39.3 Å². The molecule has 1 rings (SSSR count). The average Bonchev–Trinajstić information content (AvgIpc) is 2.21. The van der Waals surface area contributed by atoms with Crippen LogP contribution in [-0.4, -0.2) is 45.1 Å². The van der Waals surface area contributed by atoms with Crippen LogP contribution in [0.5, 0.6) is 0 Å². The number of hydrogen-bond acceptors (Lipinski definition) is 4. The molecule has 0 aromatic rings. The van der Waals surface area contributed by atoms with Gasteiger partial charge in [0.2, 0.25) is 0 Å². The van der Waals surface area contributed by atoms with Gasteiger partial charge in [0.15, 0.2) is 0 Å². The van der Waals surface area contributed by atoms with Crippen LogP contribution >= 0.6 is 0 Å². The maximum Gasteiger partial charge on any atom is 0.0986 e. The first-order valence-corrected chi connectivity index (χ1v) is 5.91. The Morgan fingerprint density at radius 1 is 1.40 bits per heavy atom. The molecule has 0 radical (unpaired) electrons. The van der Waals surface area contributed by atoms with Crippen molar-refractivity contribution >= 4 is 0 Å². The van der Waals surface area contributed by atoms with Gasteiger partial charge in [-0.1, -0.05) is 0 Å². The lowest BCUT2D eigenvalue weighted by atomic mass is 9.85. The third-order valence-electron chi connectivity index (χ3n) is 2.94. The van der Waals surface area contributed by atoms with E-state index in [0.29, 0.717) is 6.04 Å². The Labute approximate surface area is 92.5 Å². The molecule has 0 bridgehead atoms. The molecule has 1 saturated carbocycles. The number of nitrogens with one attached hydrogen (secondary N) is 1. The van der Waals surface area contributed by atoms with Gasteiger partial charge in [-0.15, -0.1) is 0 Å². The lowest BCUT2D eigenvalue weighted by Gasteiger charge is -2.43. The molecule has 1 fully saturated rings. The fourth-order valence-corrected chi connectivity index (χ4v) is 2.03. The minimum Gasteiger partial charge on any atom is -0.377 e. The molecule has 4 nitrogen and oxygen atoms in total. The first-order chi connectivity index (χ1) is 7.33. The lowest BCUT2D eigenvalue weighted by molar-refractivity contribution is -0.131. The number of ether oxygens (including phenoxy) is 2. The Bertz CT molecular complexity index is 167. The maximum absolute atomic E-state index is 5.55. The van der Waals surface area contributed by atoms with E-state index in [2.05, 4.69) is 5.32 Å². The molecular formula is C11H24N2O2. The van der Waals surface area contributed by atoms with Crippen LogP contribution < -0.4 is 11.1 Å². The van der Waals surface area contributed by atoms with Gasteiger partial charge in [0.25, 0.3) is 0 Å². The zero-order valence-corrected chi connectivity index (χ0v) is 9.87. The normalized spacial score (nSPS) is 30.2. The Kier molecular flexibility index (Phi) is 6.17. The Hall–Kier alpha value is -0.160. The van der Waals surface area contributed by atoms with E-state index >= 15 is 0 Å². The van der Waals surface area contributed by atoms with E-state index in [1.54, 1.807) is 7.11 Å². The molecule has 0 aliphatic heterocycles. The van der Waals surface area contributed by atoms with Gasteiger partial charge in [-0.2, -0.15) is 0 Å². The number of methoxy groups -OCH3 is 1. The van der Waals surface area contributed by atoms with Gasteiger partial charge in [0.1, 0.15) is 0 Å². The molecule has 0 amide bonds. The highest BCUT2D eigenvalue weighted by molar-refractivity contribution is 4.96. The summed E-state index contributed by atoms with van der Waals surface area (Å²) in [7, 11) is 1.75. The molecule has 1 aliphatic carbocycles. The van der Waals surface area contributed by atoms with Crippen molar-refractivity contribution in [2.24, 2.45) is 5.73 Å². The summed E-state index contributed by atoms with van der Waals surface area (Å²) in [4.78, 5) is 0. The number of unbranched alkanes of at least 4 members (excludes halogenated alkanes) is 1. The summed E-state index contributed by atoms with van der Waals surface area (Å²) in [6.45, 7) is 4.60. The second-order valence-corrected chi connectivity index (χ2v) is 3.99. The molecule has 3 N–H and O–H groups in total. The van der Waals surface area contributed by atoms with Crippen molar-refractivity contribution in [1.82, 2.24) is 5.32 Å². The molecule has 0 aromatic heterocycles. The Balaban J connectivity index is 2.10. The molecule has 15 heavy (non-hydrogen) atoms. The summed E-state index contributed by atoms with van der Waals surface area (Å²) in [6.07, 6.45) is 3.80. The van der Waals surface area contributed by atoms with Crippen molar-refractivity contribution in [3.63, 3.8) is 0 Å². The summed E-state index contributed by atoms with van der Waals surface area (Å²) in [5, 5.41) is 3.48. The smallest absolute Gasteiger partial charge is 0.0986 e. The molecule has 3 unspecified atom stereocenters. The summed E-state index contributed by atoms with van der Waals surface area (Å²) in [6, 6.07) is 0.462. The van der Waals surface area contributed by atoms with Crippen molar-refractivity contribution in [2.45, 2.75) is 44.4 Å². The molecule has 4 heteroatoms. The van der Waals surface area contributed by atoms with Gasteiger partial charge in [-0.25, -0.2) is 0 Å². The molecule has 0 heterocycles. The third kappa shape index (κ3) is 3.72. The second-order valence-electron chi connectivity index (χ2n) is 3.99. The third-order valence-corrected chi connectivity index (χ3v) is 2.94. The summed E-state index contributed by atoms with van der Waals surface area (Å²) < 4.78 is 11.0. The Morgan fingerprint density at radius 3 is 2.80 bits per heavy atom. The van der Waals surface area contributed by atoms with E-state index in [9.17, 15) is 0 Å². The van der Waals surface area contributed by atoms with Gasteiger partial charge < -0.3 is 20.5 Å². The minimum atomic E-state index is 0.225. The molecule has 0 spiro atoms. The van der Waals surface area contributed by atoms with E-state index in [1.807, 2.05) is 6.92 Å². The van der Waals surface area contributed by atoms with Crippen LogP contribution in [0.15, 0.2) is 0 Å². The van der Waals surface area contributed by atoms with Crippen LogP contribution in [-0.2, 0) is 9.47 Å². The summed E-state index contributed by atoms with van der Waals surface area (Å²) >= 11 is 0. The van der Waals surface area contributed by atoms with Crippen molar-refractivity contribution in [3.8, 4) is 0 Å². The zero-order valence-electron chi connectivity index (χ0n) is 9.87. The second kappa shape index (κ2) is 7.17. The van der Waals surface area contributed by atoms with Crippen molar-refractivity contribution in [1.29, 1.82) is 0 Å². The monoisotopic (exact) mass is 216 g/mol. The molecule has 90 valence electrons. The van der Waals surface area contributed by atoms with Gasteiger partial charge >= 0.3 is 0 Å². The Morgan fingerprint density at radius 2 is 2.20 bits per heavy atom. The number of hydrogen-bond donors (Lipinski definition) is 2. The summed E-state index contributed by atoms with van der Waals surface area (Å²) in [5.41, 5.74) is 5.43. The fourth-order valence-electron chi connectivity index (χ4n) is 2.03. The van der Waals surface area contributed by atoms with Crippen LogP contribution in [0.25, 0.3) is 0 Å². The predicted octanol–water partition coefficient (Wildman–Crippen LogP) is 0.507. The maximum atomic E-state index is 5.55. The van der Waals surface area contributed by atoms with E-state index in [-0.39, 0.29) is 12.2 Å². The molecule has 0 aromatic carbocycles. The van der Waals surface area contributed by atoms with Gasteiger partial charge in [0.05, 0.1) is 12.2 Å². The SMILES string of the molecule is CCOC1CC(NCCCCN)C1OC. The van der Waals surface area contributed by atoms with Crippen LogP contribution in [0.4, 0.5) is 0 Å². The van der Waals surface area contributed by atoms with Crippen LogP contribution in [0, 0.1) is 0 Å². The highest BCUT2D eigenvalue weighted by Crippen LogP contribution is 2.26. The standard InChI is InChI=1S/C11H24N2O2/c1-3-15-10-8-9(11(10)14-2)13-7-5-4-6-12/h9-11,13H,3-8,12H2,1-2H3.